The molecule has 2 amide bonds. The Labute approximate surface area is 212 Å². The average molecular weight is 486 g/mol. The van der Waals surface area contributed by atoms with Gasteiger partial charge in [-0.2, -0.15) is 0 Å². The highest BCUT2D eigenvalue weighted by atomic mass is 16.2. The number of nitrogens with zero attached hydrogens (tertiary/aromatic N) is 3. The van der Waals surface area contributed by atoms with E-state index >= 15 is 0 Å². The number of amides is 2. The number of aromatic nitrogens is 1. The maximum Gasteiger partial charge on any atom is 0.256 e. The predicted octanol–water partition coefficient (Wildman–Crippen LogP) is 3.55. The van der Waals surface area contributed by atoms with E-state index in [9.17, 15) is 9.59 Å². The van der Waals surface area contributed by atoms with Crippen molar-refractivity contribution in [3.63, 3.8) is 0 Å². The lowest BCUT2D eigenvalue weighted by molar-refractivity contribution is -0.128. The predicted molar refractivity (Wildman–Crippen MR) is 141 cm³/mol. The molecule has 1 aliphatic heterocycles. The van der Waals surface area contributed by atoms with E-state index in [4.69, 9.17) is 5.73 Å². The van der Waals surface area contributed by atoms with E-state index in [0.29, 0.717) is 54.8 Å². The molecule has 3 rings (SSSR count). The molecule has 7 heteroatoms. The lowest BCUT2D eigenvalue weighted by Gasteiger charge is -2.44. The first kappa shape index (κ1) is 27.6. The third-order valence-electron chi connectivity index (χ3n) is 7.63. The molecule has 2 atom stereocenters. The van der Waals surface area contributed by atoms with Gasteiger partial charge in [0.1, 0.15) is 6.04 Å². The van der Waals surface area contributed by atoms with Crippen LogP contribution < -0.4 is 11.1 Å². The normalized spacial score (nSPS) is 25.3. The summed E-state index contributed by atoms with van der Waals surface area (Å²) in [6.07, 6.45) is 9.36. The van der Waals surface area contributed by atoms with E-state index in [-0.39, 0.29) is 11.8 Å². The second kappa shape index (κ2) is 13.4. The number of hydrogen-bond donors (Lipinski definition) is 2. The van der Waals surface area contributed by atoms with Gasteiger partial charge in [0.05, 0.1) is 5.56 Å². The van der Waals surface area contributed by atoms with E-state index in [1.54, 1.807) is 29.4 Å². The molecule has 0 spiro atoms. The number of hydrogen-bond acceptors (Lipinski definition) is 5. The molecular formula is C28H47N5O2. The Morgan fingerprint density at radius 2 is 1.74 bits per heavy atom. The summed E-state index contributed by atoms with van der Waals surface area (Å²) in [5.41, 5.74) is 6.39. The molecular weight excluding hydrogens is 438 g/mol. The Morgan fingerprint density at radius 3 is 2.31 bits per heavy atom. The SMILES string of the molecule is CC(C)CN(CC(C)C)C1CCN(C(=O)c2cccnc2)[C@@H](C(=O)NCC2CCC(CN)CC2)C1. The third kappa shape index (κ3) is 8.01. The average Bonchev–Trinajstić information content (AvgIpc) is 2.86. The van der Waals surface area contributed by atoms with Gasteiger partial charge in [0, 0.05) is 44.6 Å². The molecule has 1 unspecified atom stereocenters. The summed E-state index contributed by atoms with van der Waals surface area (Å²) in [4.78, 5) is 35.4. The number of carbonyl (C=O) groups is 2. The van der Waals surface area contributed by atoms with E-state index < -0.39 is 6.04 Å². The Bertz CT molecular complexity index is 782. The van der Waals surface area contributed by atoms with Crippen molar-refractivity contribution in [1.29, 1.82) is 0 Å². The van der Waals surface area contributed by atoms with Crippen molar-refractivity contribution >= 4 is 11.8 Å². The van der Waals surface area contributed by atoms with E-state index in [2.05, 4.69) is 42.9 Å². The lowest BCUT2D eigenvalue weighted by atomic mass is 9.82. The zero-order valence-electron chi connectivity index (χ0n) is 22.3. The van der Waals surface area contributed by atoms with Gasteiger partial charge in [-0.15, -0.1) is 0 Å². The van der Waals surface area contributed by atoms with Crippen LogP contribution in [0.15, 0.2) is 24.5 Å². The van der Waals surface area contributed by atoms with Gasteiger partial charge < -0.3 is 16.0 Å². The fourth-order valence-corrected chi connectivity index (χ4v) is 5.77. The largest absolute Gasteiger partial charge is 0.354 e. The molecule has 35 heavy (non-hydrogen) atoms. The van der Waals surface area contributed by atoms with Gasteiger partial charge in [0.2, 0.25) is 5.91 Å². The minimum absolute atomic E-state index is 0.0121. The summed E-state index contributed by atoms with van der Waals surface area (Å²) in [6, 6.07) is 3.41. The van der Waals surface area contributed by atoms with Crippen molar-refractivity contribution in [2.45, 2.75) is 78.3 Å². The number of carbonyl (C=O) groups excluding carboxylic acids is 2. The first-order chi connectivity index (χ1) is 16.8. The summed E-state index contributed by atoms with van der Waals surface area (Å²) >= 11 is 0. The first-order valence-electron chi connectivity index (χ1n) is 13.7. The number of likely N-dealkylation sites (tertiary alicyclic amines) is 1. The van der Waals surface area contributed by atoms with Crippen LogP contribution in [0.5, 0.6) is 0 Å². The molecule has 2 aliphatic rings. The van der Waals surface area contributed by atoms with Crippen LogP contribution in [0.4, 0.5) is 0 Å². The molecule has 1 aliphatic carbocycles. The van der Waals surface area contributed by atoms with Gasteiger partial charge in [-0.3, -0.25) is 19.5 Å². The van der Waals surface area contributed by atoms with Crippen molar-refractivity contribution in [2.24, 2.45) is 29.4 Å². The van der Waals surface area contributed by atoms with Gasteiger partial charge in [-0.1, -0.05) is 27.7 Å². The van der Waals surface area contributed by atoms with Crippen molar-refractivity contribution in [3.8, 4) is 0 Å². The standard InChI is InChI=1S/C28H47N5O2/c1-20(2)18-32(19-21(3)4)25-11-13-33(28(35)24-6-5-12-30-17-24)26(14-25)27(34)31-16-23-9-7-22(15-29)8-10-23/h5-6,12,17,20-23,25-26H,7-11,13-16,18-19,29H2,1-4H3,(H,31,34)/t22?,23?,25?,26-/m1/s1. The Kier molecular flexibility index (Phi) is 10.5. The van der Waals surface area contributed by atoms with Gasteiger partial charge in [-0.25, -0.2) is 0 Å². The van der Waals surface area contributed by atoms with Crippen LogP contribution in [0.25, 0.3) is 0 Å². The molecule has 3 N–H and O–H groups in total. The molecule has 7 nitrogen and oxygen atoms in total. The van der Waals surface area contributed by atoms with Crippen LogP contribution in [0.3, 0.4) is 0 Å². The molecule has 0 aromatic carbocycles. The van der Waals surface area contributed by atoms with Crippen LogP contribution in [0, 0.1) is 23.7 Å². The first-order valence-corrected chi connectivity index (χ1v) is 13.7. The van der Waals surface area contributed by atoms with Crippen LogP contribution in [-0.2, 0) is 4.79 Å². The van der Waals surface area contributed by atoms with Crippen LogP contribution in [0.2, 0.25) is 0 Å². The van der Waals surface area contributed by atoms with Gasteiger partial charge >= 0.3 is 0 Å². The van der Waals surface area contributed by atoms with Gasteiger partial charge in [0.25, 0.3) is 5.91 Å². The monoisotopic (exact) mass is 485 g/mol. The van der Waals surface area contributed by atoms with Crippen molar-refractivity contribution < 1.29 is 9.59 Å². The zero-order chi connectivity index (χ0) is 25.4. The number of rotatable bonds is 10. The van der Waals surface area contributed by atoms with E-state index in [0.717, 1.165) is 51.7 Å². The molecule has 1 saturated heterocycles. The van der Waals surface area contributed by atoms with E-state index in [1.165, 1.54) is 0 Å². The molecule has 2 heterocycles. The summed E-state index contributed by atoms with van der Waals surface area (Å²) in [6.45, 7) is 13.1. The lowest BCUT2D eigenvalue weighted by Crippen LogP contribution is -2.58. The topological polar surface area (TPSA) is 91.6 Å². The van der Waals surface area contributed by atoms with Crippen LogP contribution in [0.1, 0.15) is 76.6 Å². The Balaban J connectivity index is 1.72. The second-order valence-electron chi connectivity index (χ2n) is 11.5. The maximum absolute atomic E-state index is 13.6. The van der Waals surface area contributed by atoms with Gasteiger partial charge in [-0.05, 0) is 80.9 Å². The molecule has 0 radical (unpaired) electrons. The van der Waals surface area contributed by atoms with Crippen LogP contribution in [-0.4, -0.2) is 71.4 Å². The highest BCUT2D eigenvalue weighted by Crippen LogP contribution is 2.29. The van der Waals surface area contributed by atoms with Crippen molar-refractivity contribution in [3.05, 3.63) is 30.1 Å². The number of pyridine rings is 1. The quantitative estimate of drug-likeness (QED) is 0.529. The van der Waals surface area contributed by atoms with Crippen molar-refractivity contribution in [2.75, 3.05) is 32.7 Å². The number of piperidine rings is 1. The summed E-state index contributed by atoms with van der Waals surface area (Å²) < 4.78 is 0. The molecule has 0 bridgehead atoms. The summed E-state index contributed by atoms with van der Waals surface area (Å²) in [5.74, 6) is 2.13. The number of nitrogens with one attached hydrogen (secondary N) is 1. The summed E-state index contributed by atoms with van der Waals surface area (Å²) in [5, 5.41) is 3.23. The fourth-order valence-electron chi connectivity index (χ4n) is 5.77. The second-order valence-corrected chi connectivity index (χ2v) is 11.5. The van der Waals surface area contributed by atoms with Crippen molar-refractivity contribution in [1.82, 2.24) is 20.1 Å². The zero-order valence-corrected chi connectivity index (χ0v) is 22.3. The smallest absolute Gasteiger partial charge is 0.256 e. The third-order valence-corrected chi connectivity index (χ3v) is 7.63. The molecule has 1 aromatic heterocycles. The highest BCUT2D eigenvalue weighted by Gasteiger charge is 2.39. The maximum atomic E-state index is 13.6. The van der Waals surface area contributed by atoms with Gasteiger partial charge in [0.15, 0.2) is 0 Å². The van der Waals surface area contributed by atoms with E-state index in [1.807, 2.05) is 0 Å². The minimum Gasteiger partial charge on any atom is -0.354 e. The highest BCUT2D eigenvalue weighted by molar-refractivity contribution is 5.97. The fraction of sp³-hybridized carbons (Fsp3) is 0.750. The summed E-state index contributed by atoms with van der Waals surface area (Å²) in [7, 11) is 0. The van der Waals surface area contributed by atoms with Crippen LogP contribution >= 0.6 is 0 Å². The molecule has 196 valence electrons. The number of nitrogens with two attached hydrogens (primary N) is 1. The Hall–Kier alpha value is -1.99. The minimum atomic E-state index is -0.455. The Morgan fingerprint density at radius 1 is 1.09 bits per heavy atom. The molecule has 1 aromatic rings. The molecule has 1 saturated carbocycles. The molecule has 2 fully saturated rings.